The van der Waals surface area contributed by atoms with Crippen LogP contribution >= 0.6 is 27.3 Å². The van der Waals surface area contributed by atoms with Crippen molar-refractivity contribution in [3.8, 4) is 17.0 Å². The molecule has 0 radical (unpaired) electrons. The number of carbonyl (C=O) groups excluding carboxylic acids is 1. The second-order valence-electron chi connectivity index (χ2n) is 5.20. The minimum absolute atomic E-state index is 0.181. The Hall–Kier alpha value is -2.18. The van der Waals surface area contributed by atoms with Gasteiger partial charge < -0.3 is 4.74 Å². The number of carbonyl (C=O) groups is 1. The van der Waals surface area contributed by atoms with E-state index in [9.17, 15) is 4.79 Å². The number of halogens is 1. The van der Waals surface area contributed by atoms with E-state index in [1.54, 1.807) is 19.2 Å². The first-order valence-electron chi connectivity index (χ1n) is 7.24. The number of methoxy groups -OCH3 is 1. The number of rotatable bonds is 4. The molecule has 1 aromatic heterocycles. The topological polar surface area (TPSA) is 51.2 Å². The molecule has 0 bridgehead atoms. The normalized spacial score (nSPS) is 10.5. The van der Waals surface area contributed by atoms with Crippen LogP contribution in [-0.4, -0.2) is 18.0 Å². The second-order valence-corrected chi connectivity index (χ2v) is 6.98. The average Bonchev–Trinajstić information content (AvgIpc) is 3.03. The molecule has 1 N–H and O–H groups in total. The first-order chi connectivity index (χ1) is 11.6. The van der Waals surface area contributed by atoms with Crippen LogP contribution in [0.4, 0.5) is 5.13 Å². The largest absolute Gasteiger partial charge is 0.496 e. The summed E-state index contributed by atoms with van der Waals surface area (Å²) >= 11 is 4.74. The lowest BCUT2D eigenvalue weighted by molar-refractivity contribution is 0.102. The fraction of sp³-hybridized carbons (Fsp3) is 0.111. The summed E-state index contributed by atoms with van der Waals surface area (Å²) in [6.07, 6.45) is 0. The third-order valence-electron chi connectivity index (χ3n) is 3.46. The molecule has 1 heterocycles. The molecule has 0 unspecified atom stereocenters. The monoisotopic (exact) mass is 402 g/mol. The van der Waals surface area contributed by atoms with Gasteiger partial charge in [0.15, 0.2) is 5.13 Å². The molecule has 0 fully saturated rings. The van der Waals surface area contributed by atoms with Crippen molar-refractivity contribution in [2.24, 2.45) is 0 Å². The number of amides is 1. The van der Waals surface area contributed by atoms with Gasteiger partial charge in [-0.2, -0.15) is 0 Å². The Kier molecular flexibility index (Phi) is 4.97. The number of hydrogen-bond acceptors (Lipinski definition) is 4. The van der Waals surface area contributed by atoms with Crippen molar-refractivity contribution in [1.29, 1.82) is 0 Å². The van der Waals surface area contributed by atoms with Gasteiger partial charge in [0.25, 0.3) is 5.91 Å². The van der Waals surface area contributed by atoms with Crippen LogP contribution in [-0.2, 0) is 0 Å². The molecule has 3 aromatic rings. The smallest absolute Gasteiger partial charge is 0.257 e. The minimum Gasteiger partial charge on any atom is -0.496 e. The van der Waals surface area contributed by atoms with Crippen molar-refractivity contribution in [2.75, 3.05) is 12.4 Å². The Bertz CT molecular complexity index is 875. The van der Waals surface area contributed by atoms with Crippen molar-refractivity contribution >= 4 is 38.3 Å². The molecule has 122 valence electrons. The van der Waals surface area contributed by atoms with Gasteiger partial charge in [-0.3, -0.25) is 10.1 Å². The highest BCUT2D eigenvalue weighted by atomic mass is 79.9. The maximum Gasteiger partial charge on any atom is 0.257 e. The van der Waals surface area contributed by atoms with Gasteiger partial charge in [-0.05, 0) is 43.3 Å². The second kappa shape index (κ2) is 7.15. The highest BCUT2D eigenvalue weighted by molar-refractivity contribution is 9.10. The number of aromatic nitrogens is 1. The van der Waals surface area contributed by atoms with Gasteiger partial charge >= 0.3 is 0 Å². The van der Waals surface area contributed by atoms with Crippen LogP contribution in [0.15, 0.2) is 52.3 Å². The molecular weight excluding hydrogens is 388 g/mol. The predicted octanol–water partition coefficient (Wildman–Crippen LogP) is 5.14. The zero-order valence-corrected chi connectivity index (χ0v) is 15.6. The summed E-state index contributed by atoms with van der Waals surface area (Å²) in [6.45, 7) is 2.02. The maximum atomic E-state index is 12.3. The Morgan fingerprint density at radius 1 is 1.21 bits per heavy atom. The Morgan fingerprint density at radius 3 is 2.67 bits per heavy atom. The highest BCUT2D eigenvalue weighted by Gasteiger charge is 2.13. The molecule has 1 amide bonds. The summed E-state index contributed by atoms with van der Waals surface area (Å²) < 4.78 is 6.33. The SMILES string of the molecule is COc1ccc(C)cc1-c1csc(NC(=O)c2ccc(Br)cc2)n1. The standard InChI is InChI=1S/C18H15BrN2O2S/c1-11-3-8-16(23-2)14(9-11)15-10-24-18(20-15)21-17(22)12-4-6-13(19)7-5-12/h3-10H,1-2H3,(H,20,21,22). The van der Waals surface area contributed by atoms with Crippen LogP contribution in [0.3, 0.4) is 0 Å². The summed E-state index contributed by atoms with van der Waals surface area (Å²) in [5, 5.41) is 5.30. The van der Waals surface area contributed by atoms with Gasteiger partial charge in [-0.15, -0.1) is 11.3 Å². The number of nitrogens with one attached hydrogen (secondary N) is 1. The van der Waals surface area contributed by atoms with Gasteiger partial charge in [0.05, 0.1) is 12.8 Å². The number of aryl methyl sites for hydroxylation is 1. The molecule has 0 saturated carbocycles. The van der Waals surface area contributed by atoms with Crippen LogP contribution in [0.1, 0.15) is 15.9 Å². The van der Waals surface area contributed by atoms with E-state index in [0.29, 0.717) is 10.7 Å². The summed E-state index contributed by atoms with van der Waals surface area (Å²) in [5.41, 5.74) is 3.41. The molecule has 6 heteroatoms. The van der Waals surface area contributed by atoms with Crippen molar-refractivity contribution in [1.82, 2.24) is 4.98 Å². The lowest BCUT2D eigenvalue weighted by atomic mass is 10.1. The Morgan fingerprint density at radius 2 is 1.96 bits per heavy atom. The number of nitrogens with zero attached hydrogens (tertiary/aromatic N) is 1. The number of benzene rings is 2. The first-order valence-corrected chi connectivity index (χ1v) is 8.91. The minimum atomic E-state index is -0.181. The molecule has 0 aliphatic carbocycles. The van der Waals surface area contributed by atoms with Crippen LogP contribution in [0.2, 0.25) is 0 Å². The van der Waals surface area contributed by atoms with Crippen molar-refractivity contribution in [3.63, 3.8) is 0 Å². The van der Waals surface area contributed by atoms with Gasteiger partial charge in [0.1, 0.15) is 5.75 Å². The van der Waals surface area contributed by atoms with Gasteiger partial charge in [0, 0.05) is 21.0 Å². The third kappa shape index (κ3) is 3.66. The molecular formula is C18H15BrN2O2S. The lowest BCUT2D eigenvalue weighted by Gasteiger charge is -2.07. The molecule has 4 nitrogen and oxygen atoms in total. The fourth-order valence-electron chi connectivity index (χ4n) is 2.25. The number of anilines is 1. The summed E-state index contributed by atoms with van der Waals surface area (Å²) in [6, 6.07) is 13.1. The van der Waals surface area contributed by atoms with Crippen LogP contribution in [0.5, 0.6) is 5.75 Å². The van der Waals surface area contributed by atoms with E-state index >= 15 is 0 Å². The lowest BCUT2D eigenvalue weighted by Crippen LogP contribution is -2.11. The maximum absolute atomic E-state index is 12.3. The first kappa shape index (κ1) is 16.7. The van der Waals surface area contributed by atoms with E-state index in [1.165, 1.54) is 11.3 Å². The predicted molar refractivity (Wildman–Crippen MR) is 101 cm³/mol. The van der Waals surface area contributed by atoms with E-state index in [-0.39, 0.29) is 5.91 Å². The number of hydrogen-bond donors (Lipinski definition) is 1. The van der Waals surface area contributed by atoms with Crippen LogP contribution in [0.25, 0.3) is 11.3 Å². The molecule has 2 aromatic carbocycles. The van der Waals surface area contributed by atoms with Crippen LogP contribution < -0.4 is 10.1 Å². The summed E-state index contributed by atoms with van der Waals surface area (Å²) in [5.74, 6) is 0.580. The van der Waals surface area contributed by atoms with Crippen molar-refractivity contribution < 1.29 is 9.53 Å². The molecule has 0 atom stereocenters. The zero-order valence-electron chi connectivity index (χ0n) is 13.2. The fourth-order valence-corrected chi connectivity index (χ4v) is 3.22. The highest BCUT2D eigenvalue weighted by Crippen LogP contribution is 2.33. The molecule has 0 aliphatic rings. The van der Waals surface area contributed by atoms with Crippen molar-refractivity contribution in [2.45, 2.75) is 6.92 Å². The molecule has 0 aliphatic heterocycles. The molecule has 0 spiro atoms. The average molecular weight is 403 g/mol. The van der Waals surface area contributed by atoms with E-state index in [1.807, 2.05) is 42.6 Å². The van der Waals surface area contributed by atoms with E-state index in [4.69, 9.17) is 4.74 Å². The quantitative estimate of drug-likeness (QED) is 0.656. The van der Waals surface area contributed by atoms with E-state index < -0.39 is 0 Å². The third-order valence-corrected chi connectivity index (χ3v) is 4.75. The van der Waals surface area contributed by atoms with E-state index in [2.05, 4.69) is 26.2 Å². The Labute approximate surface area is 152 Å². The Balaban J connectivity index is 1.82. The summed E-state index contributed by atoms with van der Waals surface area (Å²) in [4.78, 5) is 16.8. The van der Waals surface area contributed by atoms with Crippen LogP contribution in [0, 0.1) is 6.92 Å². The molecule has 3 rings (SSSR count). The summed E-state index contributed by atoms with van der Waals surface area (Å²) in [7, 11) is 1.64. The number of thiazole rings is 1. The molecule has 0 saturated heterocycles. The van der Waals surface area contributed by atoms with Gasteiger partial charge in [-0.1, -0.05) is 27.6 Å². The van der Waals surface area contributed by atoms with E-state index in [0.717, 1.165) is 27.0 Å². The zero-order chi connectivity index (χ0) is 17.1. The number of ether oxygens (including phenoxy) is 1. The van der Waals surface area contributed by atoms with Gasteiger partial charge in [-0.25, -0.2) is 4.98 Å². The van der Waals surface area contributed by atoms with Gasteiger partial charge in [0.2, 0.25) is 0 Å². The van der Waals surface area contributed by atoms with Crippen molar-refractivity contribution in [3.05, 3.63) is 63.4 Å². The molecule has 24 heavy (non-hydrogen) atoms.